The fourth-order valence-corrected chi connectivity index (χ4v) is 5.79. The predicted molar refractivity (Wildman–Crippen MR) is 124 cm³/mol. The van der Waals surface area contributed by atoms with Gasteiger partial charge in [-0.2, -0.15) is 4.98 Å². The van der Waals surface area contributed by atoms with E-state index in [1.807, 2.05) is 48.8 Å². The lowest BCUT2D eigenvalue weighted by Gasteiger charge is -2.40. The summed E-state index contributed by atoms with van der Waals surface area (Å²) in [6, 6.07) is 8.09. The van der Waals surface area contributed by atoms with E-state index in [-0.39, 0.29) is 29.2 Å². The lowest BCUT2D eigenvalue weighted by Crippen LogP contribution is -2.46. The molecule has 2 saturated heterocycles. The third-order valence-electron chi connectivity index (χ3n) is 7.59. The molecule has 1 unspecified atom stereocenters. The van der Waals surface area contributed by atoms with E-state index >= 15 is 0 Å². The van der Waals surface area contributed by atoms with Crippen molar-refractivity contribution in [1.82, 2.24) is 19.9 Å². The lowest BCUT2D eigenvalue weighted by atomic mass is 9.76. The van der Waals surface area contributed by atoms with Crippen LogP contribution in [-0.4, -0.2) is 64.5 Å². The van der Waals surface area contributed by atoms with E-state index in [1.165, 1.54) is 5.56 Å². The van der Waals surface area contributed by atoms with Gasteiger partial charge in [0.25, 0.3) is 0 Å². The molecule has 1 aromatic heterocycles. The van der Waals surface area contributed by atoms with Crippen LogP contribution in [0.25, 0.3) is 0 Å². The van der Waals surface area contributed by atoms with Crippen molar-refractivity contribution in [3.8, 4) is 0 Å². The lowest BCUT2D eigenvalue weighted by molar-refractivity contribution is -0.136. The summed E-state index contributed by atoms with van der Waals surface area (Å²) in [4.78, 5) is 36.5. The molecular formula is C25H33N5O3. The Morgan fingerprint density at radius 3 is 2.64 bits per heavy atom. The van der Waals surface area contributed by atoms with E-state index in [2.05, 4.69) is 21.1 Å². The number of piperidine rings is 1. The van der Waals surface area contributed by atoms with E-state index < -0.39 is 0 Å². The monoisotopic (exact) mass is 451 g/mol. The zero-order valence-corrected chi connectivity index (χ0v) is 19.8. The van der Waals surface area contributed by atoms with Crippen molar-refractivity contribution < 1.29 is 14.1 Å². The van der Waals surface area contributed by atoms with Crippen molar-refractivity contribution in [2.24, 2.45) is 11.3 Å². The Morgan fingerprint density at radius 2 is 1.94 bits per heavy atom. The predicted octanol–water partition coefficient (Wildman–Crippen LogP) is 2.98. The molecule has 4 heterocycles. The molecule has 33 heavy (non-hydrogen) atoms. The number of hydrogen-bond donors (Lipinski definition) is 0. The summed E-state index contributed by atoms with van der Waals surface area (Å²) < 4.78 is 5.57. The molecule has 0 aliphatic carbocycles. The van der Waals surface area contributed by atoms with Gasteiger partial charge in [0, 0.05) is 37.8 Å². The normalized spacial score (nSPS) is 22.4. The van der Waals surface area contributed by atoms with Crippen LogP contribution in [-0.2, 0) is 16.0 Å². The second-order valence-corrected chi connectivity index (χ2v) is 10.2. The Kier molecular flexibility index (Phi) is 5.72. The molecule has 8 nitrogen and oxygen atoms in total. The molecule has 3 aliphatic heterocycles. The van der Waals surface area contributed by atoms with Gasteiger partial charge in [-0.15, -0.1) is 0 Å². The highest BCUT2D eigenvalue weighted by molar-refractivity contribution is 5.96. The largest absolute Gasteiger partial charge is 0.342 e. The van der Waals surface area contributed by atoms with Gasteiger partial charge in [-0.1, -0.05) is 37.2 Å². The van der Waals surface area contributed by atoms with E-state index in [1.54, 1.807) is 0 Å². The maximum atomic E-state index is 13.4. The van der Waals surface area contributed by atoms with Crippen molar-refractivity contribution in [1.29, 1.82) is 0 Å². The van der Waals surface area contributed by atoms with Crippen LogP contribution in [0.1, 0.15) is 56.4 Å². The number of nitrogens with zero attached hydrogens (tertiary/aromatic N) is 5. The minimum Gasteiger partial charge on any atom is -0.342 e. The number of benzene rings is 1. The first kappa shape index (κ1) is 22.1. The molecule has 8 heteroatoms. The molecule has 1 atom stereocenters. The van der Waals surface area contributed by atoms with E-state index in [4.69, 9.17) is 4.52 Å². The van der Waals surface area contributed by atoms with Crippen LogP contribution in [0.3, 0.4) is 0 Å². The average Bonchev–Trinajstić information content (AvgIpc) is 3.51. The Balaban J connectivity index is 1.33. The standard InChI is InChI=1S/C25H33N5O3/c1-17(2)24(32)28-12-9-25(10-13-28)14-21(23-26-18(3)27-33-23)29(16-25)15-22(31)30-11-8-19-6-4-5-7-20(19)30/h4-7,17,21H,8-16H2,1-3H3. The van der Waals surface area contributed by atoms with Gasteiger partial charge in [0.2, 0.25) is 17.7 Å². The molecular weight excluding hydrogens is 418 g/mol. The molecule has 0 saturated carbocycles. The first-order valence-electron chi connectivity index (χ1n) is 12.1. The molecule has 1 spiro atoms. The van der Waals surface area contributed by atoms with Crippen LogP contribution in [0.2, 0.25) is 0 Å². The molecule has 3 aliphatic rings. The maximum Gasteiger partial charge on any atom is 0.244 e. The number of rotatable bonds is 4. The number of para-hydroxylation sites is 1. The van der Waals surface area contributed by atoms with Crippen LogP contribution < -0.4 is 4.90 Å². The van der Waals surface area contributed by atoms with Crippen LogP contribution in [0.5, 0.6) is 0 Å². The fourth-order valence-electron chi connectivity index (χ4n) is 5.79. The minimum atomic E-state index is -0.0691. The van der Waals surface area contributed by atoms with Crippen LogP contribution in [0.4, 0.5) is 5.69 Å². The van der Waals surface area contributed by atoms with E-state index in [9.17, 15) is 9.59 Å². The number of hydrogen-bond acceptors (Lipinski definition) is 6. The van der Waals surface area contributed by atoms with E-state index in [0.717, 1.165) is 57.5 Å². The summed E-state index contributed by atoms with van der Waals surface area (Å²) in [5.41, 5.74) is 2.32. The first-order chi connectivity index (χ1) is 15.8. The maximum absolute atomic E-state index is 13.4. The summed E-state index contributed by atoms with van der Waals surface area (Å²) in [7, 11) is 0. The van der Waals surface area contributed by atoms with Crippen LogP contribution in [0.15, 0.2) is 28.8 Å². The van der Waals surface area contributed by atoms with Crippen molar-refractivity contribution in [3.05, 3.63) is 41.5 Å². The van der Waals surface area contributed by atoms with Crippen LogP contribution >= 0.6 is 0 Å². The van der Waals surface area contributed by atoms with Crippen molar-refractivity contribution >= 4 is 17.5 Å². The summed E-state index contributed by atoms with van der Waals surface area (Å²) in [6.07, 6.45) is 3.65. The Morgan fingerprint density at radius 1 is 1.18 bits per heavy atom. The number of carbonyl (C=O) groups is 2. The van der Waals surface area contributed by atoms with Gasteiger partial charge in [-0.3, -0.25) is 14.5 Å². The van der Waals surface area contributed by atoms with Gasteiger partial charge in [-0.05, 0) is 49.7 Å². The SMILES string of the molecule is Cc1noc(C2CC3(CCN(C(=O)C(C)C)CC3)CN2CC(=O)N2CCc3ccccc32)n1. The number of likely N-dealkylation sites (tertiary alicyclic amines) is 2. The fraction of sp³-hybridized carbons (Fsp3) is 0.600. The molecule has 176 valence electrons. The number of carbonyl (C=O) groups excluding carboxylic acids is 2. The third kappa shape index (κ3) is 4.16. The van der Waals surface area contributed by atoms with Gasteiger partial charge in [0.15, 0.2) is 5.82 Å². The van der Waals surface area contributed by atoms with Gasteiger partial charge in [0.1, 0.15) is 0 Å². The first-order valence-corrected chi connectivity index (χ1v) is 12.1. The second-order valence-electron chi connectivity index (χ2n) is 10.2. The molecule has 1 aromatic carbocycles. The minimum absolute atomic E-state index is 0.0224. The molecule has 2 aromatic rings. The van der Waals surface area contributed by atoms with Gasteiger partial charge in [0.05, 0.1) is 12.6 Å². The topological polar surface area (TPSA) is 82.8 Å². The van der Waals surface area contributed by atoms with Gasteiger partial charge >= 0.3 is 0 Å². The zero-order valence-electron chi connectivity index (χ0n) is 19.8. The van der Waals surface area contributed by atoms with Gasteiger partial charge < -0.3 is 14.3 Å². The van der Waals surface area contributed by atoms with E-state index in [0.29, 0.717) is 18.3 Å². The highest BCUT2D eigenvalue weighted by Gasteiger charge is 2.49. The second kappa shape index (κ2) is 8.56. The Hall–Kier alpha value is -2.74. The van der Waals surface area contributed by atoms with Crippen molar-refractivity contribution in [2.45, 2.75) is 52.5 Å². The molecule has 0 N–H and O–H groups in total. The third-order valence-corrected chi connectivity index (χ3v) is 7.59. The summed E-state index contributed by atoms with van der Waals surface area (Å²) in [5.74, 6) is 1.58. The molecule has 2 amide bonds. The Bertz CT molecular complexity index is 1040. The molecule has 2 fully saturated rings. The smallest absolute Gasteiger partial charge is 0.244 e. The highest BCUT2D eigenvalue weighted by atomic mass is 16.5. The highest BCUT2D eigenvalue weighted by Crippen LogP contribution is 2.48. The molecule has 5 rings (SSSR count). The summed E-state index contributed by atoms with van der Waals surface area (Å²) >= 11 is 0. The summed E-state index contributed by atoms with van der Waals surface area (Å²) in [6.45, 7) is 9.15. The number of aromatic nitrogens is 2. The number of amides is 2. The molecule has 0 radical (unpaired) electrons. The number of fused-ring (bicyclic) bond motifs is 1. The number of anilines is 1. The number of aryl methyl sites for hydroxylation is 1. The quantitative estimate of drug-likeness (QED) is 0.711. The summed E-state index contributed by atoms with van der Waals surface area (Å²) in [5, 5.41) is 4.01. The average molecular weight is 452 g/mol. The zero-order chi connectivity index (χ0) is 23.2. The molecule has 0 bridgehead atoms. The van der Waals surface area contributed by atoms with Crippen molar-refractivity contribution in [2.75, 3.05) is 37.6 Å². The Labute approximate surface area is 194 Å². The van der Waals surface area contributed by atoms with Crippen molar-refractivity contribution in [3.63, 3.8) is 0 Å². The van der Waals surface area contributed by atoms with Crippen LogP contribution in [0, 0.1) is 18.3 Å². The van der Waals surface area contributed by atoms with Gasteiger partial charge in [-0.25, -0.2) is 0 Å².